The zero-order valence-corrected chi connectivity index (χ0v) is 13.5. The van der Waals surface area contributed by atoms with Crippen molar-refractivity contribution in [1.29, 1.82) is 0 Å². The Labute approximate surface area is 131 Å². The van der Waals surface area contributed by atoms with Gasteiger partial charge in [0.2, 0.25) is 0 Å². The molecule has 0 aliphatic carbocycles. The van der Waals surface area contributed by atoms with Gasteiger partial charge in [0, 0.05) is 6.54 Å². The largest absolute Gasteiger partial charge is 0.494 e. The molecule has 0 radical (unpaired) electrons. The summed E-state index contributed by atoms with van der Waals surface area (Å²) in [5.41, 5.74) is 2.02. The second-order valence-corrected chi connectivity index (χ2v) is 7.01. The monoisotopic (exact) mass is 303 g/mol. The number of fused-ring (bicyclic) bond motifs is 1. The van der Waals surface area contributed by atoms with Crippen LogP contribution < -0.4 is 10.4 Å². The lowest BCUT2D eigenvalue weighted by atomic mass is 9.77. The number of benzene rings is 1. The highest BCUT2D eigenvalue weighted by molar-refractivity contribution is 6.62. The summed E-state index contributed by atoms with van der Waals surface area (Å²) < 4.78 is 12.1. The minimum atomic E-state index is -0.899. The van der Waals surface area contributed by atoms with Gasteiger partial charge in [-0.3, -0.25) is 4.90 Å². The predicted octanol–water partition coefficient (Wildman–Crippen LogP) is 2.42. The van der Waals surface area contributed by atoms with Crippen molar-refractivity contribution in [2.45, 2.75) is 51.7 Å². The van der Waals surface area contributed by atoms with Gasteiger partial charge in [0.1, 0.15) is 0 Å². The Morgan fingerprint density at radius 3 is 2.45 bits per heavy atom. The lowest BCUT2D eigenvalue weighted by Crippen LogP contribution is -2.41. The molecule has 0 aromatic heterocycles. The molecule has 0 atom stereocenters. The number of carboxylic acid groups (broad SMARTS) is 1. The van der Waals surface area contributed by atoms with E-state index in [1.165, 1.54) is 4.90 Å². The van der Waals surface area contributed by atoms with Crippen molar-refractivity contribution in [3.8, 4) is 0 Å². The van der Waals surface area contributed by atoms with Crippen LogP contribution in [0.5, 0.6) is 0 Å². The van der Waals surface area contributed by atoms with E-state index in [0.717, 1.165) is 29.6 Å². The quantitative estimate of drug-likeness (QED) is 0.809. The van der Waals surface area contributed by atoms with Gasteiger partial charge in [-0.05, 0) is 57.6 Å². The number of hydrogen-bond acceptors (Lipinski definition) is 3. The van der Waals surface area contributed by atoms with E-state index in [1.807, 2.05) is 45.9 Å². The third kappa shape index (κ3) is 2.40. The summed E-state index contributed by atoms with van der Waals surface area (Å²) in [6, 6.07) is 5.79. The van der Waals surface area contributed by atoms with Gasteiger partial charge >= 0.3 is 13.2 Å². The molecule has 1 aromatic carbocycles. The highest BCUT2D eigenvalue weighted by Crippen LogP contribution is 2.37. The molecule has 2 heterocycles. The molecule has 6 heteroatoms. The zero-order valence-electron chi connectivity index (χ0n) is 13.5. The molecular weight excluding hydrogens is 281 g/mol. The van der Waals surface area contributed by atoms with Crippen LogP contribution in [0.2, 0.25) is 0 Å². The lowest BCUT2D eigenvalue weighted by molar-refractivity contribution is 0.00578. The van der Waals surface area contributed by atoms with Crippen LogP contribution >= 0.6 is 0 Å². The van der Waals surface area contributed by atoms with Gasteiger partial charge in [0.15, 0.2) is 0 Å². The Morgan fingerprint density at radius 2 is 1.86 bits per heavy atom. The molecule has 5 nitrogen and oxygen atoms in total. The van der Waals surface area contributed by atoms with Crippen LogP contribution in [0, 0.1) is 0 Å². The number of rotatable bonds is 1. The summed E-state index contributed by atoms with van der Waals surface area (Å²) in [5.74, 6) is 0. The first-order chi connectivity index (χ1) is 10.2. The average molecular weight is 303 g/mol. The Hall–Kier alpha value is -1.53. The summed E-state index contributed by atoms with van der Waals surface area (Å²) in [7, 11) is -0.407. The third-order valence-corrected chi connectivity index (χ3v) is 4.98. The van der Waals surface area contributed by atoms with Gasteiger partial charge in [0.05, 0.1) is 16.9 Å². The van der Waals surface area contributed by atoms with Crippen LogP contribution in [0.15, 0.2) is 18.2 Å². The molecule has 0 saturated carbocycles. The predicted molar refractivity (Wildman–Crippen MR) is 85.8 cm³/mol. The number of aryl methyl sites for hydroxylation is 1. The van der Waals surface area contributed by atoms with Crippen molar-refractivity contribution < 1.29 is 19.2 Å². The molecule has 2 aliphatic heterocycles. The molecular formula is C16H22BNO4. The maximum absolute atomic E-state index is 11.3. The normalized spacial score (nSPS) is 22.5. The van der Waals surface area contributed by atoms with E-state index in [4.69, 9.17) is 9.31 Å². The molecule has 1 saturated heterocycles. The maximum Gasteiger partial charge on any atom is 0.494 e. The number of anilines is 1. The van der Waals surface area contributed by atoms with E-state index in [9.17, 15) is 9.90 Å². The summed E-state index contributed by atoms with van der Waals surface area (Å²) in [6.07, 6.45) is 0.822. The highest BCUT2D eigenvalue weighted by Gasteiger charge is 2.51. The first-order valence-electron chi connectivity index (χ1n) is 7.70. The van der Waals surface area contributed by atoms with Gasteiger partial charge in [-0.25, -0.2) is 4.79 Å². The molecule has 1 N–H and O–H groups in total. The van der Waals surface area contributed by atoms with Crippen molar-refractivity contribution in [2.24, 2.45) is 0 Å². The van der Waals surface area contributed by atoms with E-state index in [1.54, 1.807) is 0 Å². The van der Waals surface area contributed by atoms with Crippen molar-refractivity contribution in [3.05, 3.63) is 23.8 Å². The average Bonchev–Trinajstić information content (AvgIpc) is 2.66. The first kappa shape index (κ1) is 15.4. The van der Waals surface area contributed by atoms with Gasteiger partial charge in [-0.2, -0.15) is 0 Å². The zero-order chi connectivity index (χ0) is 16.1. The van der Waals surface area contributed by atoms with Crippen molar-refractivity contribution in [3.63, 3.8) is 0 Å². The summed E-state index contributed by atoms with van der Waals surface area (Å²) in [5, 5.41) is 9.28. The molecule has 0 bridgehead atoms. The third-order valence-electron chi connectivity index (χ3n) is 4.98. The van der Waals surface area contributed by atoms with Crippen LogP contribution in [-0.4, -0.2) is 36.1 Å². The van der Waals surface area contributed by atoms with E-state index < -0.39 is 13.2 Å². The smallest absolute Gasteiger partial charge is 0.465 e. The summed E-state index contributed by atoms with van der Waals surface area (Å²) >= 11 is 0. The fraction of sp³-hybridized carbons (Fsp3) is 0.562. The van der Waals surface area contributed by atoms with Gasteiger partial charge in [-0.15, -0.1) is 0 Å². The fourth-order valence-electron chi connectivity index (χ4n) is 2.94. The number of hydrogen-bond donors (Lipinski definition) is 1. The van der Waals surface area contributed by atoms with Gasteiger partial charge < -0.3 is 14.4 Å². The van der Waals surface area contributed by atoms with Crippen LogP contribution in [-0.2, 0) is 15.7 Å². The van der Waals surface area contributed by atoms with E-state index in [2.05, 4.69) is 0 Å². The number of carbonyl (C=O) groups is 1. The SMILES string of the molecule is CC1(C)OB(c2ccc3c(c2)CCCN3C(=O)O)OC1(C)C. The van der Waals surface area contributed by atoms with E-state index >= 15 is 0 Å². The molecule has 1 fully saturated rings. The van der Waals surface area contributed by atoms with E-state index in [-0.39, 0.29) is 11.2 Å². The van der Waals surface area contributed by atoms with Crippen molar-refractivity contribution >= 4 is 24.4 Å². The van der Waals surface area contributed by atoms with Crippen LogP contribution in [0.25, 0.3) is 0 Å². The minimum Gasteiger partial charge on any atom is -0.465 e. The number of amides is 1. The first-order valence-corrected chi connectivity index (χ1v) is 7.70. The Balaban J connectivity index is 1.91. The molecule has 2 aliphatic rings. The molecule has 118 valence electrons. The van der Waals surface area contributed by atoms with E-state index in [0.29, 0.717) is 6.54 Å². The number of nitrogens with zero attached hydrogens (tertiary/aromatic N) is 1. The Kier molecular flexibility index (Phi) is 3.49. The summed E-state index contributed by atoms with van der Waals surface area (Å²) in [6.45, 7) is 8.66. The highest BCUT2D eigenvalue weighted by atomic mass is 16.7. The molecule has 1 amide bonds. The lowest BCUT2D eigenvalue weighted by Gasteiger charge is -2.32. The fourth-order valence-corrected chi connectivity index (χ4v) is 2.94. The molecule has 3 rings (SSSR count). The second kappa shape index (κ2) is 5.00. The van der Waals surface area contributed by atoms with Crippen LogP contribution in [0.3, 0.4) is 0 Å². The minimum absolute atomic E-state index is 0.374. The van der Waals surface area contributed by atoms with Gasteiger partial charge in [-0.1, -0.05) is 12.1 Å². The van der Waals surface area contributed by atoms with Crippen molar-refractivity contribution in [1.82, 2.24) is 0 Å². The standard InChI is InChI=1S/C16H22BNO4/c1-15(2)16(3,4)22-17(21-15)12-7-8-13-11(10-12)6-5-9-18(13)14(19)20/h7-8,10H,5-6,9H2,1-4H3,(H,19,20). The molecule has 22 heavy (non-hydrogen) atoms. The second-order valence-electron chi connectivity index (χ2n) is 7.01. The topological polar surface area (TPSA) is 59.0 Å². The summed E-state index contributed by atoms with van der Waals surface area (Å²) in [4.78, 5) is 12.7. The van der Waals surface area contributed by atoms with Crippen LogP contribution in [0.1, 0.15) is 39.7 Å². The van der Waals surface area contributed by atoms with Crippen LogP contribution in [0.4, 0.5) is 10.5 Å². The maximum atomic E-state index is 11.3. The van der Waals surface area contributed by atoms with Crippen molar-refractivity contribution in [2.75, 3.05) is 11.4 Å². The Bertz CT molecular complexity index is 598. The molecule has 1 aromatic rings. The molecule has 0 unspecified atom stereocenters. The Morgan fingerprint density at radius 1 is 1.23 bits per heavy atom. The van der Waals surface area contributed by atoms with Gasteiger partial charge in [0.25, 0.3) is 0 Å². The molecule has 0 spiro atoms.